The molecule has 1 heteroatoms. The van der Waals surface area contributed by atoms with Crippen molar-refractivity contribution in [3.8, 4) is 0 Å². The summed E-state index contributed by atoms with van der Waals surface area (Å²) < 4.78 is 0. The number of hydrogen-bond acceptors (Lipinski definition) is 1. The van der Waals surface area contributed by atoms with Gasteiger partial charge in [0.05, 0.1) is 0 Å². The summed E-state index contributed by atoms with van der Waals surface area (Å²) in [5.74, 6) is 2.82. The van der Waals surface area contributed by atoms with Crippen LogP contribution in [0.5, 0.6) is 0 Å². The minimum Gasteiger partial charge on any atom is -0.151 e. The first-order valence-electron chi connectivity index (χ1n) is 7.49. The lowest BCUT2D eigenvalue weighted by atomic mass is 9.82. The van der Waals surface area contributed by atoms with E-state index in [0.717, 1.165) is 28.3 Å². The lowest BCUT2D eigenvalue weighted by molar-refractivity contribution is 0.296. The zero-order valence-corrected chi connectivity index (χ0v) is 12.5. The predicted octanol–water partition coefficient (Wildman–Crippen LogP) is 5.29. The zero-order chi connectivity index (χ0) is 12.3. The summed E-state index contributed by atoms with van der Waals surface area (Å²) >= 11 is 2.24. The molecule has 1 fully saturated rings. The van der Waals surface area contributed by atoms with Crippen LogP contribution in [0.15, 0.2) is 12.2 Å². The lowest BCUT2D eigenvalue weighted by Gasteiger charge is -2.28. The van der Waals surface area contributed by atoms with Gasteiger partial charge < -0.3 is 0 Å². The van der Waals surface area contributed by atoms with Crippen LogP contribution in [-0.4, -0.2) is 10.5 Å². The Morgan fingerprint density at radius 2 is 1.82 bits per heavy atom. The summed E-state index contributed by atoms with van der Waals surface area (Å²) in [6.07, 6.45) is 13.5. The van der Waals surface area contributed by atoms with Crippen molar-refractivity contribution in [3.05, 3.63) is 12.2 Å². The average molecular weight is 252 g/mol. The van der Waals surface area contributed by atoms with Crippen molar-refractivity contribution in [1.29, 1.82) is 0 Å². The third kappa shape index (κ3) is 3.77. The highest BCUT2D eigenvalue weighted by atomic mass is 32.2. The summed E-state index contributed by atoms with van der Waals surface area (Å²) in [5.41, 5.74) is 0. The second-order valence-electron chi connectivity index (χ2n) is 6.34. The minimum absolute atomic E-state index is 0.824. The smallest absolute Gasteiger partial charge is 0.0258 e. The topological polar surface area (TPSA) is 0 Å². The predicted molar refractivity (Wildman–Crippen MR) is 79.5 cm³/mol. The standard InChI is InChI=1S/C16H28S/c1-12(2)14-9-8-13(3)17-16-7-5-4-6-15(16)11-10-14/h5,7,12-16H,4,6,8-11H2,1-3H3/t13?,14-,15?,16?/m0/s1. The van der Waals surface area contributed by atoms with E-state index >= 15 is 0 Å². The molecular weight excluding hydrogens is 224 g/mol. The maximum atomic E-state index is 2.50. The van der Waals surface area contributed by atoms with Gasteiger partial charge in [0.15, 0.2) is 0 Å². The summed E-state index contributed by atoms with van der Waals surface area (Å²) in [4.78, 5) is 0. The Bertz CT molecular complexity index is 256. The van der Waals surface area contributed by atoms with Crippen LogP contribution in [0.3, 0.4) is 0 Å². The normalized spacial score (nSPS) is 39.3. The van der Waals surface area contributed by atoms with E-state index in [9.17, 15) is 0 Å². The molecule has 0 amide bonds. The fraction of sp³-hybridized carbons (Fsp3) is 0.875. The van der Waals surface area contributed by atoms with Gasteiger partial charge in [0.25, 0.3) is 0 Å². The van der Waals surface area contributed by atoms with E-state index in [4.69, 9.17) is 0 Å². The van der Waals surface area contributed by atoms with Gasteiger partial charge in [-0.1, -0.05) is 32.9 Å². The van der Waals surface area contributed by atoms with Gasteiger partial charge in [-0.3, -0.25) is 0 Å². The highest BCUT2D eigenvalue weighted by Crippen LogP contribution is 2.40. The van der Waals surface area contributed by atoms with E-state index in [1.165, 1.54) is 38.5 Å². The van der Waals surface area contributed by atoms with Crippen LogP contribution < -0.4 is 0 Å². The van der Waals surface area contributed by atoms with E-state index in [1.54, 1.807) is 0 Å². The van der Waals surface area contributed by atoms with Crippen molar-refractivity contribution < 1.29 is 0 Å². The van der Waals surface area contributed by atoms with E-state index in [0.29, 0.717) is 0 Å². The van der Waals surface area contributed by atoms with E-state index < -0.39 is 0 Å². The second-order valence-corrected chi connectivity index (χ2v) is 7.96. The van der Waals surface area contributed by atoms with Crippen LogP contribution in [-0.2, 0) is 0 Å². The largest absolute Gasteiger partial charge is 0.151 e. The van der Waals surface area contributed by atoms with Gasteiger partial charge in [-0.15, -0.1) is 0 Å². The fourth-order valence-corrected chi connectivity index (χ4v) is 4.86. The van der Waals surface area contributed by atoms with Gasteiger partial charge in [0.1, 0.15) is 0 Å². The fourth-order valence-electron chi connectivity index (χ4n) is 3.35. The van der Waals surface area contributed by atoms with Crippen LogP contribution in [0.25, 0.3) is 0 Å². The Morgan fingerprint density at radius 1 is 1.06 bits per heavy atom. The number of fused-ring (bicyclic) bond motifs is 1. The highest BCUT2D eigenvalue weighted by Gasteiger charge is 2.27. The molecule has 2 aliphatic rings. The molecule has 0 N–H and O–H groups in total. The van der Waals surface area contributed by atoms with Crippen LogP contribution in [0, 0.1) is 17.8 Å². The molecule has 0 saturated carbocycles. The van der Waals surface area contributed by atoms with Gasteiger partial charge in [-0.2, -0.15) is 11.8 Å². The molecule has 0 radical (unpaired) electrons. The molecule has 4 atom stereocenters. The lowest BCUT2D eigenvalue weighted by Crippen LogP contribution is -2.20. The van der Waals surface area contributed by atoms with Crippen molar-refractivity contribution in [2.24, 2.45) is 17.8 Å². The van der Waals surface area contributed by atoms with Crippen molar-refractivity contribution in [2.45, 2.75) is 69.8 Å². The molecule has 0 spiro atoms. The molecule has 1 aliphatic heterocycles. The molecule has 0 aromatic carbocycles. The molecule has 98 valence electrons. The molecule has 2 rings (SSSR count). The first-order chi connectivity index (χ1) is 8.16. The van der Waals surface area contributed by atoms with Gasteiger partial charge >= 0.3 is 0 Å². The van der Waals surface area contributed by atoms with Crippen LogP contribution >= 0.6 is 11.8 Å². The maximum Gasteiger partial charge on any atom is 0.0258 e. The van der Waals surface area contributed by atoms with E-state index in [1.807, 2.05) is 0 Å². The third-order valence-corrected chi connectivity index (χ3v) is 6.24. The Morgan fingerprint density at radius 3 is 2.59 bits per heavy atom. The monoisotopic (exact) mass is 252 g/mol. The van der Waals surface area contributed by atoms with Gasteiger partial charge in [0.2, 0.25) is 0 Å². The third-order valence-electron chi connectivity index (χ3n) is 4.68. The first kappa shape index (κ1) is 13.5. The molecule has 1 aliphatic carbocycles. The van der Waals surface area contributed by atoms with Crippen molar-refractivity contribution in [3.63, 3.8) is 0 Å². The number of allylic oxidation sites excluding steroid dienone is 1. The summed E-state index contributed by atoms with van der Waals surface area (Å²) in [6.45, 7) is 7.27. The zero-order valence-electron chi connectivity index (χ0n) is 11.7. The summed E-state index contributed by atoms with van der Waals surface area (Å²) in [6, 6.07) is 0. The highest BCUT2D eigenvalue weighted by molar-refractivity contribution is 8.00. The number of thioether (sulfide) groups is 1. The molecule has 1 heterocycles. The number of rotatable bonds is 1. The first-order valence-corrected chi connectivity index (χ1v) is 8.43. The Hall–Kier alpha value is 0.0900. The molecule has 1 saturated heterocycles. The van der Waals surface area contributed by atoms with Gasteiger partial charge in [-0.05, 0) is 56.3 Å². The molecule has 3 unspecified atom stereocenters. The molecule has 0 aromatic rings. The second kappa shape index (κ2) is 6.31. The minimum atomic E-state index is 0.824. The van der Waals surface area contributed by atoms with Crippen LogP contribution in [0.4, 0.5) is 0 Å². The van der Waals surface area contributed by atoms with Crippen molar-refractivity contribution in [2.75, 3.05) is 0 Å². The Kier molecular flexibility index (Phi) is 5.02. The maximum absolute atomic E-state index is 2.50. The average Bonchev–Trinajstić information content (AvgIpc) is 2.37. The SMILES string of the molecule is CC1CC[C@H](C(C)C)CCC2CCC=CC2S1. The quantitative estimate of drug-likeness (QED) is 0.571. The van der Waals surface area contributed by atoms with Crippen molar-refractivity contribution >= 4 is 11.8 Å². The summed E-state index contributed by atoms with van der Waals surface area (Å²) in [5, 5.41) is 1.68. The van der Waals surface area contributed by atoms with E-state index in [2.05, 4.69) is 44.7 Å². The van der Waals surface area contributed by atoms with Gasteiger partial charge in [-0.25, -0.2) is 0 Å². The molecular formula is C16H28S. The molecule has 0 nitrogen and oxygen atoms in total. The Balaban J connectivity index is 2.03. The Labute approximate surface area is 112 Å². The van der Waals surface area contributed by atoms with Crippen LogP contribution in [0.1, 0.15) is 59.3 Å². The van der Waals surface area contributed by atoms with Gasteiger partial charge in [0, 0.05) is 10.5 Å². The molecule has 0 bridgehead atoms. The number of hydrogen-bond donors (Lipinski definition) is 0. The molecule has 17 heavy (non-hydrogen) atoms. The van der Waals surface area contributed by atoms with E-state index in [-0.39, 0.29) is 0 Å². The van der Waals surface area contributed by atoms with Crippen LogP contribution in [0.2, 0.25) is 0 Å². The molecule has 0 aromatic heterocycles. The van der Waals surface area contributed by atoms with Crippen molar-refractivity contribution in [1.82, 2.24) is 0 Å². The summed E-state index contributed by atoms with van der Waals surface area (Å²) in [7, 11) is 0.